The minimum Gasteiger partial charge on any atom is -0.455 e. The molecule has 9 rings (SSSR count). The van der Waals surface area contributed by atoms with E-state index in [9.17, 15) is 0 Å². The van der Waals surface area contributed by atoms with Gasteiger partial charge in [0, 0.05) is 33.4 Å². The van der Waals surface area contributed by atoms with Gasteiger partial charge in [-0.3, -0.25) is 0 Å². The number of benzene rings is 8. The van der Waals surface area contributed by atoms with Gasteiger partial charge in [-0.2, -0.15) is 0 Å². The van der Waals surface area contributed by atoms with Crippen molar-refractivity contribution >= 4 is 60.5 Å². The fraction of sp³-hybridized carbons (Fsp3) is 0. The van der Waals surface area contributed by atoms with E-state index in [-0.39, 0.29) is 0 Å². The first-order valence-electron chi connectivity index (χ1n) is 15.7. The van der Waals surface area contributed by atoms with Crippen LogP contribution in [0.5, 0.6) is 0 Å². The van der Waals surface area contributed by atoms with Gasteiger partial charge in [0.25, 0.3) is 0 Å². The highest BCUT2D eigenvalue weighted by Gasteiger charge is 2.17. The Morgan fingerprint density at radius 3 is 1.87 bits per heavy atom. The lowest BCUT2D eigenvalue weighted by atomic mass is 9.97. The largest absolute Gasteiger partial charge is 0.455 e. The summed E-state index contributed by atoms with van der Waals surface area (Å²) in [5.41, 5.74) is 9.77. The molecule has 0 radical (unpaired) electrons. The van der Waals surface area contributed by atoms with E-state index in [0.717, 1.165) is 50.1 Å². The van der Waals surface area contributed by atoms with E-state index in [0.29, 0.717) is 0 Å². The van der Waals surface area contributed by atoms with Gasteiger partial charge in [0.05, 0.1) is 0 Å². The second-order valence-corrected chi connectivity index (χ2v) is 11.8. The molecule has 9 aromatic rings. The third kappa shape index (κ3) is 4.43. The van der Waals surface area contributed by atoms with Gasteiger partial charge in [-0.05, 0) is 80.7 Å². The Hall–Kier alpha value is -6.12. The molecule has 0 aliphatic rings. The van der Waals surface area contributed by atoms with Crippen LogP contribution in [-0.4, -0.2) is 0 Å². The molecule has 0 aliphatic heterocycles. The van der Waals surface area contributed by atoms with E-state index in [1.54, 1.807) is 0 Å². The van der Waals surface area contributed by atoms with Gasteiger partial charge in [0.2, 0.25) is 0 Å². The van der Waals surface area contributed by atoms with Gasteiger partial charge < -0.3 is 9.32 Å². The number of nitrogens with zero attached hydrogens (tertiary/aromatic N) is 1. The van der Waals surface area contributed by atoms with Crippen molar-refractivity contribution in [2.45, 2.75) is 0 Å². The predicted molar refractivity (Wildman–Crippen MR) is 194 cm³/mol. The van der Waals surface area contributed by atoms with Crippen LogP contribution < -0.4 is 4.90 Å². The first kappa shape index (κ1) is 26.3. The predicted octanol–water partition coefficient (Wildman–Crippen LogP) is 12.7. The molecule has 0 N–H and O–H groups in total. The van der Waals surface area contributed by atoms with Crippen LogP contribution in [0, 0.1) is 0 Å². The summed E-state index contributed by atoms with van der Waals surface area (Å²) in [5, 5.41) is 7.22. The molecule has 0 fully saturated rings. The topological polar surface area (TPSA) is 16.4 Å². The van der Waals surface area contributed by atoms with Crippen LogP contribution in [0.3, 0.4) is 0 Å². The van der Waals surface area contributed by atoms with Crippen molar-refractivity contribution in [3.8, 4) is 22.3 Å². The number of para-hydroxylation sites is 2. The number of rotatable bonds is 5. The normalized spacial score (nSPS) is 11.5. The Bertz CT molecular complexity index is 2530. The number of hydrogen-bond donors (Lipinski definition) is 0. The highest BCUT2D eigenvalue weighted by molar-refractivity contribution is 6.09. The van der Waals surface area contributed by atoms with Gasteiger partial charge in [-0.1, -0.05) is 133 Å². The van der Waals surface area contributed by atoms with Gasteiger partial charge in [-0.15, -0.1) is 0 Å². The van der Waals surface area contributed by atoms with Crippen molar-refractivity contribution in [2.24, 2.45) is 0 Å². The summed E-state index contributed by atoms with van der Waals surface area (Å²) in [6, 6.07) is 62.8. The molecule has 1 aromatic heterocycles. The third-order valence-electron chi connectivity index (χ3n) is 9.04. The monoisotopic (exact) mass is 587 g/mol. The summed E-state index contributed by atoms with van der Waals surface area (Å²) >= 11 is 0. The molecule has 46 heavy (non-hydrogen) atoms. The van der Waals surface area contributed by atoms with Gasteiger partial charge >= 0.3 is 0 Å². The average Bonchev–Trinajstić information content (AvgIpc) is 3.51. The smallest absolute Gasteiger partial charge is 0.143 e. The zero-order valence-corrected chi connectivity index (χ0v) is 25.1. The SMILES string of the molecule is c1cc(-c2cccc3ccccc23)cc(N(c2ccc(-c3cccc4c3oc3ccccc34)cc2)c2ccc3ccccc3c2)c1. The zero-order chi connectivity index (χ0) is 30.5. The molecule has 2 nitrogen and oxygen atoms in total. The quantitative estimate of drug-likeness (QED) is 0.199. The lowest BCUT2D eigenvalue weighted by Gasteiger charge is -2.26. The minimum atomic E-state index is 0.912. The van der Waals surface area contributed by atoms with Gasteiger partial charge in [0.15, 0.2) is 0 Å². The number of hydrogen-bond acceptors (Lipinski definition) is 2. The van der Waals surface area contributed by atoms with Crippen LogP contribution in [-0.2, 0) is 0 Å². The molecule has 1 heterocycles. The highest BCUT2D eigenvalue weighted by Crippen LogP contribution is 2.41. The average molecular weight is 588 g/mol. The molecule has 216 valence electrons. The fourth-order valence-electron chi connectivity index (χ4n) is 6.82. The van der Waals surface area contributed by atoms with Crippen molar-refractivity contribution in [2.75, 3.05) is 4.90 Å². The van der Waals surface area contributed by atoms with Crippen molar-refractivity contribution in [3.05, 3.63) is 176 Å². The summed E-state index contributed by atoms with van der Waals surface area (Å²) in [4.78, 5) is 2.35. The third-order valence-corrected chi connectivity index (χ3v) is 9.04. The molecular weight excluding hydrogens is 558 g/mol. The van der Waals surface area contributed by atoms with Crippen LogP contribution in [0.2, 0.25) is 0 Å². The second-order valence-electron chi connectivity index (χ2n) is 11.8. The number of fused-ring (bicyclic) bond motifs is 5. The molecule has 0 spiro atoms. The molecule has 0 unspecified atom stereocenters. The lowest BCUT2D eigenvalue weighted by Crippen LogP contribution is -2.10. The molecule has 0 amide bonds. The van der Waals surface area contributed by atoms with E-state index in [4.69, 9.17) is 4.42 Å². The molecule has 0 bridgehead atoms. The molecule has 0 atom stereocenters. The van der Waals surface area contributed by atoms with E-state index in [1.807, 2.05) is 12.1 Å². The van der Waals surface area contributed by atoms with Gasteiger partial charge in [-0.25, -0.2) is 0 Å². The fourth-order valence-corrected chi connectivity index (χ4v) is 6.82. The van der Waals surface area contributed by atoms with Crippen molar-refractivity contribution in [3.63, 3.8) is 0 Å². The minimum absolute atomic E-state index is 0.912. The standard InChI is InChI=1S/C44H29NO/c1-2-12-33-28-37(27-22-30(33)10-1)45(36-15-7-14-34(29-36)39-18-8-13-31-11-3-4-16-38(31)39)35-25-23-32(24-26-35)40-19-9-20-42-41-17-5-6-21-43(41)46-44(40)42/h1-29H. The van der Waals surface area contributed by atoms with E-state index < -0.39 is 0 Å². The maximum atomic E-state index is 6.37. The lowest BCUT2D eigenvalue weighted by molar-refractivity contribution is 0.670. The first-order valence-corrected chi connectivity index (χ1v) is 15.7. The van der Waals surface area contributed by atoms with Crippen molar-refractivity contribution in [1.82, 2.24) is 0 Å². The Morgan fingerprint density at radius 1 is 0.348 bits per heavy atom. The summed E-state index contributed by atoms with van der Waals surface area (Å²) in [5.74, 6) is 0. The van der Waals surface area contributed by atoms with Crippen molar-refractivity contribution < 1.29 is 4.42 Å². The Morgan fingerprint density at radius 2 is 0.978 bits per heavy atom. The van der Waals surface area contributed by atoms with Crippen LogP contribution >= 0.6 is 0 Å². The summed E-state index contributed by atoms with van der Waals surface area (Å²) in [7, 11) is 0. The van der Waals surface area contributed by atoms with E-state index >= 15 is 0 Å². The molecule has 2 heteroatoms. The van der Waals surface area contributed by atoms with E-state index in [1.165, 1.54) is 32.7 Å². The molecule has 8 aromatic carbocycles. The maximum absolute atomic E-state index is 6.37. The second kappa shape index (κ2) is 10.8. The first-order chi connectivity index (χ1) is 22.8. The molecule has 0 saturated carbocycles. The van der Waals surface area contributed by atoms with E-state index in [2.05, 4.69) is 169 Å². The van der Waals surface area contributed by atoms with Crippen LogP contribution in [0.4, 0.5) is 17.1 Å². The molecule has 0 saturated heterocycles. The Labute approximate surface area is 267 Å². The summed E-state index contributed by atoms with van der Waals surface area (Å²) in [6.07, 6.45) is 0. The Balaban J connectivity index is 1.19. The molecule has 0 aliphatic carbocycles. The number of anilines is 3. The maximum Gasteiger partial charge on any atom is 0.143 e. The summed E-state index contributed by atoms with van der Waals surface area (Å²) < 4.78 is 6.37. The van der Waals surface area contributed by atoms with Crippen molar-refractivity contribution in [1.29, 1.82) is 0 Å². The zero-order valence-electron chi connectivity index (χ0n) is 25.1. The Kier molecular flexibility index (Phi) is 6.17. The van der Waals surface area contributed by atoms with Gasteiger partial charge in [0.1, 0.15) is 11.2 Å². The van der Waals surface area contributed by atoms with Crippen LogP contribution in [0.25, 0.3) is 65.7 Å². The molecular formula is C44H29NO. The number of furan rings is 1. The van der Waals surface area contributed by atoms with Crippen LogP contribution in [0.15, 0.2) is 180 Å². The highest BCUT2D eigenvalue weighted by atomic mass is 16.3. The summed E-state index contributed by atoms with van der Waals surface area (Å²) in [6.45, 7) is 0. The van der Waals surface area contributed by atoms with Crippen LogP contribution in [0.1, 0.15) is 0 Å².